The van der Waals surface area contributed by atoms with E-state index in [-0.39, 0.29) is 18.3 Å². The molecule has 7 heteroatoms. The van der Waals surface area contributed by atoms with Crippen LogP contribution in [0.15, 0.2) is 35.4 Å². The standard InChI is InChI=1S/C18H19IN2O4/c1-11-4-5-15(12(2)6-11)25-10-17(22)21-20-9-13-7-14(19)18(23)16(8-13)24-3/h4-9,23H,10H2,1-3H3,(H,21,22). The van der Waals surface area contributed by atoms with Gasteiger partial charge in [-0.1, -0.05) is 17.7 Å². The number of methoxy groups -OCH3 is 1. The molecule has 25 heavy (non-hydrogen) atoms. The van der Waals surface area contributed by atoms with E-state index in [2.05, 4.69) is 10.5 Å². The van der Waals surface area contributed by atoms with Crippen molar-refractivity contribution in [2.75, 3.05) is 13.7 Å². The molecule has 0 atom stereocenters. The van der Waals surface area contributed by atoms with Crippen LogP contribution in [0.3, 0.4) is 0 Å². The van der Waals surface area contributed by atoms with Crippen LogP contribution in [0.4, 0.5) is 0 Å². The Morgan fingerprint density at radius 1 is 1.28 bits per heavy atom. The third kappa shape index (κ3) is 5.35. The normalized spacial score (nSPS) is 10.7. The summed E-state index contributed by atoms with van der Waals surface area (Å²) in [4.78, 5) is 11.8. The second-order valence-electron chi connectivity index (χ2n) is 5.40. The van der Waals surface area contributed by atoms with Crippen molar-refractivity contribution in [3.8, 4) is 17.2 Å². The third-order valence-corrected chi connectivity index (χ3v) is 4.19. The van der Waals surface area contributed by atoms with Crippen LogP contribution < -0.4 is 14.9 Å². The number of benzene rings is 2. The van der Waals surface area contributed by atoms with E-state index in [1.54, 1.807) is 12.1 Å². The highest BCUT2D eigenvalue weighted by Crippen LogP contribution is 2.31. The number of hydrogen-bond donors (Lipinski definition) is 2. The van der Waals surface area contributed by atoms with Gasteiger partial charge in [-0.05, 0) is 65.8 Å². The van der Waals surface area contributed by atoms with Gasteiger partial charge in [0.2, 0.25) is 0 Å². The van der Waals surface area contributed by atoms with Gasteiger partial charge in [0.15, 0.2) is 18.1 Å². The topological polar surface area (TPSA) is 80.2 Å². The zero-order valence-corrected chi connectivity index (χ0v) is 16.3. The molecule has 6 nitrogen and oxygen atoms in total. The number of amides is 1. The van der Waals surface area contributed by atoms with Gasteiger partial charge in [-0.15, -0.1) is 0 Å². The molecule has 0 heterocycles. The van der Waals surface area contributed by atoms with Gasteiger partial charge in [0.25, 0.3) is 5.91 Å². The minimum absolute atomic E-state index is 0.0751. The molecule has 2 aromatic rings. The summed E-state index contributed by atoms with van der Waals surface area (Å²) in [6, 6.07) is 9.11. The highest BCUT2D eigenvalue weighted by atomic mass is 127. The molecule has 0 aliphatic heterocycles. The summed E-state index contributed by atoms with van der Waals surface area (Å²) in [7, 11) is 1.47. The average molecular weight is 454 g/mol. The highest BCUT2D eigenvalue weighted by molar-refractivity contribution is 14.1. The number of phenols is 1. The van der Waals surface area contributed by atoms with Crippen molar-refractivity contribution in [2.45, 2.75) is 13.8 Å². The molecule has 0 radical (unpaired) electrons. The number of aryl methyl sites for hydroxylation is 2. The lowest BCUT2D eigenvalue weighted by molar-refractivity contribution is -0.123. The predicted octanol–water partition coefficient (Wildman–Crippen LogP) is 3.15. The number of carbonyl (C=O) groups is 1. The molecule has 0 saturated heterocycles. The summed E-state index contributed by atoms with van der Waals surface area (Å²) < 4.78 is 11.2. The first-order chi connectivity index (χ1) is 11.9. The van der Waals surface area contributed by atoms with Gasteiger partial charge in [-0.2, -0.15) is 5.10 Å². The Kier molecular flexibility index (Phi) is 6.63. The van der Waals surface area contributed by atoms with Crippen LogP contribution in [0.25, 0.3) is 0 Å². The first kappa shape index (κ1) is 19.0. The maximum atomic E-state index is 11.8. The molecule has 2 aromatic carbocycles. The van der Waals surface area contributed by atoms with Crippen molar-refractivity contribution in [2.24, 2.45) is 5.10 Å². The number of carbonyl (C=O) groups excluding carboxylic acids is 1. The molecule has 0 bridgehead atoms. The highest BCUT2D eigenvalue weighted by Gasteiger charge is 2.08. The molecule has 0 fully saturated rings. The van der Waals surface area contributed by atoms with Crippen molar-refractivity contribution >= 4 is 34.7 Å². The fraction of sp³-hybridized carbons (Fsp3) is 0.222. The Labute approximate surface area is 160 Å². The Morgan fingerprint density at radius 3 is 2.72 bits per heavy atom. The molecule has 2 rings (SSSR count). The number of nitrogens with zero attached hydrogens (tertiary/aromatic N) is 1. The fourth-order valence-corrected chi connectivity index (χ4v) is 2.76. The molecular weight excluding hydrogens is 435 g/mol. The zero-order valence-electron chi connectivity index (χ0n) is 14.2. The Bertz CT molecular complexity index is 806. The van der Waals surface area contributed by atoms with E-state index in [0.29, 0.717) is 20.6 Å². The van der Waals surface area contributed by atoms with E-state index < -0.39 is 0 Å². The second kappa shape index (κ2) is 8.70. The molecule has 0 spiro atoms. The van der Waals surface area contributed by atoms with Gasteiger partial charge in [0, 0.05) is 0 Å². The van der Waals surface area contributed by atoms with Crippen LogP contribution in [-0.2, 0) is 4.79 Å². The molecular formula is C18H19IN2O4. The number of hydrogen-bond acceptors (Lipinski definition) is 5. The van der Waals surface area contributed by atoms with Crippen molar-refractivity contribution in [3.05, 3.63) is 50.6 Å². The van der Waals surface area contributed by atoms with E-state index in [0.717, 1.165) is 11.1 Å². The molecule has 0 unspecified atom stereocenters. The zero-order chi connectivity index (χ0) is 18.4. The number of hydrazone groups is 1. The van der Waals surface area contributed by atoms with Crippen LogP contribution >= 0.6 is 22.6 Å². The van der Waals surface area contributed by atoms with E-state index in [1.165, 1.54) is 13.3 Å². The lowest BCUT2D eigenvalue weighted by Crippen LogP contribution is -2.24. The number of rotatable bonds is 6. The first-order valence-corrected chi connectivity index (χ1v) is 8.57. The lowest BCUT2D eigenvalue weighted by atomic mass is 10.1. The fourth-order valence-electron chi connectivity index (χ4n) is 2.14. The summed E-state index contributed by atoms with van der Waals surface area (Å²) in [5.41, 5.74) is 5.20. The number of halogens is 1. The van der Waals surface area contributed by atoms with E-state index >= 15 is 0 Å². The van der Waals surface area contributed by atoms with E-state index in [1.807, 2.05) is 54.6 Å². The Morgan fingerprint density at radius 2 is 2.04 bits per heavy atom. The summed E-state index contributed by atoms with van der Waals surface area (Å²) in [6.45, 7) is 3.80. The maximum absolute atomic E-state index is 11.8. The molecule has 1 amide bonds. The quantitative estimate of drug-likeness (QED) is 0.400. The van der Waals surface area contributed by atoms with Crippen molar-refractivity contribution in [1.82, 2.24) is 5.43 Å². The van der Waals surface area contributed by atoms with Gasteiger partial charge in [-0.3, -0.25) is 4.79 Å². The summed E-state index contributed by atoms with van der Waals surface area (Å²) in [6.07, 6.45) is 1.47. The minimum atomic E-state index is -0.364. The van der Waals surface area contributed by atoms with Crippen LogP contribution in [-0.4, -0.2) is 30.9 Å². The molecule has 132 valence electrons. The van der Waals surface area contributed by atoms with E-state index in [9.17, 15) is 9.90 Å². The number of nitrogens with one attached hydrogen (secondary N) is 1. The van der Waals surface area contributed by atoms with Gasteiger partial charge in [-0.25, -0.2) is 5.43 Å². The van der Waals surface area contributed by atoms with Crippen molar-refractivity contribution < 1.29 is 19.4 Å². The van der Waals surface area contributed by atoms with Crippen molar-refractivity contribution in [1.29, 1.82) is 0 Å². The average Bonchev–Trinajstić information content (AvgIpc) is 2.57. The van der Waals surface area contributed by atoms with E-state index in [4.69, 9.17) is 9.47 Å². The van der Waals surface area contributed by atoms with Gasteiger partial charge in [0.1, 0.15) is 5.75 Å². The van der Waals surface area contributed by atoms with Crippen LogP contribution in [0, 0.1) is 17.4 Å². The SMILES string of the molecule is COc1cc(C=NNC(=O)COc2ccc(C)cc2C)cc(I)c1O. The number of ether oxygens (including phenoxy) is 2. The predicted molar refractivity (Wildman–Crippen MR) is 105 cm³/mol. The summed E-state index contributed by atoms with van der Waals surface area (Å²) >= 11 is 1.99. The Balaban J connectivity index is 1.91. The van der Waals surface area contributed by atoms with Crippen molar-refractivity contribution in [3.63, 3.8) is 0 Å². The lowest BCUT2D eigenvalue weighted by Gasteiger charge is -2.08. The van der Waals surface area contributed by atoms with Gasteiger partial charge in [0.05, 0.1) is 16.9 Å². The monoisotopic (exact) mass is 454 g/mol. The maximum Gasteiger partial charge on any atom is 0.277 e. The molecule has 0 aromatic heterocycles. The minimum Gasteiger partial charge on any atom is -0.504 e. The third-order valence-electron chi connectivity index (χ3n) is 3.36. The second-order valence-corrected chi connectivity index (χ2v) is 6.57. The van der Waals surface area contributed by atoms with Crippen LogP contribution in [0.2, 0.25) is 0 Å². The number of aromatic hydroxyl groups is 1. The van der Waals surface area contributed by atoms with Gasteiger partial charge < -0.3 is 14.6 Å². The smallest absolute Gasteiger partial charge is 0.277 e. The molecule has 2 N–H and O–H groups in total. The molecule has 0 saturated carbocycles. The summed E-state index contributed by atoms with van der Waals surface area (Å²) in [5, 5.41) is 13.7. The molecule has 0 aliphatic carbocycles. The van der Waals surface area contributed by atoms with Crippen LogP contribution in [0.5, 0.6) is 17.2 Å². The number of phenolic OH excluding ortho intramolecular Hbond substituents is 1. The largest absolute Gasteiger partial charge is 0.504 e. The molecule has 0 aliphatic rings. The van der Waals surface area contributed by atoms with Gasteiger partial charge >= 0.3 is 0 Å². The first-order valence-electron chi connectivity index (χ1n) is 7.49. The summed E-state index contributed by atoms with van der Waals surface area (Å²) in [5.74, 6) is 0.725. The van der Waals surface area contributed by atoms with Crippen LogP contribution in [0.1, 0.15) is 16.7 Å². The Hall–Kier alpha value is -2.29.